The van der Waals surface area contributed by atoms with Gasteiger partial charge in [-0.1, -0.05) is 12.1 Å². The molecule has 0 aromatic heterocycles. The van der Waals surface area contributed by atoms with Gasteiger partial charge in [-0.3, -0.25) is 10.1 Å². The largest absolute Gasteiger partial charge is 0.409 e. The summed E-state index contributed by atoms with van der Waals surface area (Å²) < 4.78 is 0. The van der Waals surface area contributed by atoms with Crippen LogP contribution in [0.15, 0.2) is 23.4 Å². The second kappa shape index (κ2) is 6.66. The van der Waals surface area contributed by atoms with Crippen molar-refractivity contribution in [3.05, 3.63) is 33.9 Å². The van der Waals surface area contributed by atoms with Crippen molar-refractivity contribution in [2.24, 2.45) is 10.9 Å². The number of nitro benzene ring substituents is 1. The fourth-order valence-corrected chi connectivity index (χ4v) is 3.52. The van der Waals surface area contributed by atoms with Gasteiger partial charge in [-0.25, -0.2) is 0 Å². The van der Waals surface area contributed by atoms with Crippen LogP contribution in [0.5, 0.6) is 0 Å². The van der Waals surface area contributed by atoms with E-state index in [1.165, 1.54) is 6.07 Å². The Morgan fingerprint density at radius 1 is 1.67 bits per heavy atom. The van der Waals surface area contributed by atoms with Gasteiger partial charge in [-0.05, 0) is 18.6 Å². The second-order valence-corrected chi connectivity index (χ2v) is 6.20. The van der Waals surface area contributed by atoms with E-state index in [0.29, 0.717) is 16.5 Å². The Morgan fingerprint density at radius 3 is 3.05 bits per heavy atom. The molecule has 114 valence electrons. The number of thioether (sulfide) groups is 1. The van der Waals surface area contributed by atoms with E-state index in [2.05, 4.69) is 12.1 Å². The summed E-state index contributed by atoms with van der Waals surface area (Å²) in [6, 6.07) is 4.67. The highest BCUT2D eigenvalue weighted by atomic mass is 32.2. The summed E-state index contributed by atoms with van der Waals surface area (Å²) in [5.74, 6) is 0.822. The topological polar surface area (TPSA) is 105 Å². The molecule has 1 aromatic rings. The van der Waals surface area contributed by atoms with Gasteiger partial charge in [-0.15, -0.1) is 0 Å². The number of nitrogens with two attached hydrogens (primary N) is 1. The number of hydrogen-bond donors (Lipinski definition) is 2. The molecule has 0 aliphatic carbocycles. The summed E-state index contributed by atoms with van der Waals surface area (Å²) in [6.07, 6.45) is 1.04. The SMILES string of the molecule is CCC1CN(c2ccc(/C(N)=N/O)cc2[N+](=O)[O-])CCS1. The molecule has 0 bridgehead atoms. The van der Waals surface area contributed by atoms with Crippen molar-refractivity contribution in [3.8, 4) is 0 Å². The van der Waals surface area contributed by atoms with E-state index >= 15 is 0 Å². The number of anilines is 1. The zero-order valence-electron chi connectivity index (χ0n) is 11.7. The van der Waals surface area contributed by atoms with E-state index < -0.39 is 4.92 Å². The third kappa shape index (κ3) is 3.38. The number of nitrogens with zero attached hydrogens (tertiary/aromatic N) is 3. The molecule has 7 nitrogen and oxygen atoms in total. The molecule has 1 heterocycles. The molecule has 1 saturated heterocycles. The monoisotopic (exact) mass is 310 g/mol. The van der Waals surface area contributed by atoms with E-state index in [4.69, 9.17) is 10.9 Å². The second-order valence-electron chi connectivity index (χ2n) is 4.79. The molecule has 0 radical (unpaired) electrons. The van der Waals surface area contributed by atoms with Crippen LogP contribution in [0.4, 0.5) is 11.4 Å². The van der Waals surface area contributed by atoms with Gasteiger partial charge in [0, 0.05) is 35.7 Å². The van der Waals surface area contributed by atoms with Gasteiger partial charge in [0.25, 0.3) is 5.69 Å². The third-order valence-electron chi connectivity index (χ3n) is 3.51. The van der Waals surface area contributed by atoms with Gasteiger partial charge in [0.2, 0.25) is 0 Å². The highest BCUT2D eigenvalue weighted by molar-refractivity contribution is 8.00. The standard InChI is InChI=1S/C13H18N4O3S/c1-2-10-8-16(5-6-21-10)11-4-3-9(13(14)15-18)7-12(11)17(19)20/h3-4,7,10,18H,2,5-6,8H2,1H3,(H2,14,15). The number of benzene rings is 1. The molecule has 3 N–H and O–H groups in total. The Morgan fingerprint density at radius 2 is 2.43 bits per heavy atom. The Balaban J connectivity index is 2.36. The predicted octanol–water partition coefficient (Wildman–Crippen LogP) is 2.02. The average Bonchev–Trinajstić information content (AvgIpc) is 2.53. The normalized spacial score (nSPS) is 19.6. The van der Waals surface area contributed by atoms with Crippen molar-refractivity contribution in [2.45, 2.75) is 18.6 Å². The van der Waals surface area contributed by atoms with Crippen LogP contribution in [0.1, 0.15) is 18.9 Å². The summed E-state index contributed by atoms with van der Waals surface area (Å²) in [5.41, 5.74) is 6.41. The predicted molar refractivity (Wildman–Crippen MR) is 84.4 cm³/mol. The van der Waals surface area contributed by atoms with E-state index in [1.54, 1.807) is 12.1 Å². The highest BCUT2D eigenvalue weighted by Gasteiger charge is 2.25. The lowest BCUT2D eigenvalue weighted by Gasteiger charge is -2.33. The zero-order chi connectivity index (χ0) is 15.4. The van der Waals surface area contributed by atoms with Crippen LogP contribution in [0.3, 0.4) is 0 Å². The molecule has 2 rings (SSSR count). The quantitative estimate of drug-likeness (QED) is 0.290. The van der Waals surface area contributed by atoms with Crippen molar-refractivity contribution in [3.63, 3.8) is 0 Å². The first-order valence-corrected chi connectivity index (χ1v) is 7.74. The summed E-state index contributed by atoms with van der Waals surface area (Å²) in [7, 11) is 0. The molecule has 1 unspecified atom stereocenters. The van der Waals surface area contributed by atoms with Gasteiger partial charge in [-0.2, -0.15) is 11.8 Å². The summed E-state index contributed by atoms with van der Waals surface area (Å²) in [5, 5.41) is 23.4. The van der Waals surface area contributed by atoms with Crippen LogP contribution in [-0.2, 0) is 0 Å². The minimum absolute atomic E-state index is 0.0131. The Labute approximate surface area is 126 Å². The first-order valence-electron chi connectivity index (χ1n) is 6.69. The van der Waals surface area contributed by atoms with Gasteiger partial charge in [0.15, 0.2) is 5.84 Å². The molecule has 1 aliphatic rings. The van der Waals surface area contributed by atoms with Crippen molar-refractivity contribution in [2.75, 3.05) is 23.7 Å². The van der Waals surface area contributed by atoms with Crippen molar-refractivity contribution in [1.29, 1.82) is 0 Å². The number of rotatable bonds is 4. The minimum atomic E-state index is -0.424. The van der Waals surface area contributed by atoms with Crippen LogP contribution < -0.4 is 10.6 Å². The zero-order valence-corrected chi connectivity index (χ0v) is 12.5. The van der Waals surface area contributed by atoms with E-state index in [1.807, 2.05) is 16.7 Å². The van der Waals surface area contributed by atoms with Crippen molar-refractivity contribution >= 4 is 29.0 Å². The molecule has 0 spiro atoms. The molecule has 1 aromatic carbocycles. The molecule has 8 heteroatoms. The number of amidine groups is 1. The maximum atomic E-state index is 11.3. The Kier molecular flexibility index (Phi) is 4.89. The third-order valence-corrected chi connectivity index (χ3v) is 4.88. The first-order chi connectivity index (χ1) is 10.1. The molecule has 1 aliphatic heterocycles. The summed E-state index contributed by atoms with van der Waals surface area (Å²) in [6.45, 7) is 3.70. The van der Waals surface area contributed by atoms with E-state index in [9.17, 15) is 10.1 Å². The smallest absolute Gasteiger partial charge is 0.293 e. The molecule has 0 saturated carbocycles. The van der Waals surface area contributed by atoms with Gasteiger partial charge < -0.3 is 15.8 Å². The lowest BCUT2D eigenvalue weighted by atomic mass is 10.1. The summed E-state index contributed by atoms with van der Waals surface area (Å²) >= 11 is 1.90. The van der Waals surface area contributed by atoms with E-state index in [-0.39, 0.29) is 11.5 Å². The van der Waals surface area contributed by atoms with Crippen LogP contribution in [-0.4, -0.2) is 40.1 Å². The van der Waals surface area contributed by atoms with Crippen molar-refractivity contribution in [1.82, 2.24) is 0 Å². The van der Waals surface area contributed by atoms with E-state index in [0.717, 1.165) is 25.3 Å². The first kappa shape index (κ1) is 15.4. The highest BCUT2D eigenvalue weighted by Crippen LogP contribution is 2.33. The van der Waals surface area contributed by atoms with Crippen LogP contribution >= 0.6 is 11.8 Å². The molecule has 21 heavy (non-hydrogen) atoms. The van der Waals surface area contributed by atoms with Crippen LogP contribution in [0.25, 0.3) is 0 Å². The van der Waals surface area contributed by atoms with Gasteiger partial charge >= 0.3 is 0 Å². The number of hydrogen-bond acceptors (Lipinski definition) is 6. The Bertz CT molecular complexity index is 564. The number of oxime groups is 1. The lowest BCUT2D eigenvalue weighted by molar-refractivity contribution is -0.384. The molecule has 1 atom stereocenters. The minimum Gasteiger partial charge on any atom is -0.409 e. The fourth-order valence-electron chi connectivity index (χ4n) is 2.34. The number of nitro groups is 1. The van der Waals surface area contributed by atoms with Crippen molar-refractivity contribution < 1.29 is 10.1 Å². The maximum Gasteiger partial charge on any atom is 0.293 e. The average molecular weight is 310 g/mol. The fraction of sp³-hybridized carbons (Fsp3) is 0.462. The summed E-state index contributed by atoms with van der Waals surface area (Å²) in [4.78, 5) is 12.9. The Hall–Kier alpha value is -1.96. The van der Waals surface area contributed by atoms with Crippen LogP contribution in [0, 0.1) is 10.1 Å². The molecular formula is C13H18N4O3S. The lowest BCUT2D eigenvalue weighted by Crippen LogP contribution is -2.38. The van der Waals surface area contributed by atoms with Gasteiger partial charge in [0.1, 0.15) is 5.69 Å². The molecule has 0 amide bonds. The van der Waals surface area contributed by atoms with Crippen LogP contribution in [0.2, 0.25) is 0 Å². The van der Waals surface area contributed by atoms with Gasteiger partial charge in [0.05, 0.1) is 4.92 Å². The molecular weight excluding hydrogens is 292 g/mol. The maximum absolute atomic E-state index is 11.3. The molecule has 1 fully saturated rings.